The van der Waals surface area contributed by atoms with Crippen molar-refractivity contribution in [3.63, 3.8) is 0 Å². The van der Waals surface area contributed by atoms with Crippen LogP contribution in [0.4, 0.5) is 20.4 Å². The van der Waals surface area contributed by atoms with E-state index < -0.39 is 76.6 Å². The molecule has 4 aromatic rings. The minimum atomic E-state index is -4.57. The number of nitrogens with zero attached hydrogens (tertiary/aromatic N) is 8. The summed E-state index contributed by atoms with van der Waals surface area (Å²) in [5, 5.41) is 0. The Labute approximate surface area is 251 Å². The second-order valence-corrected chi connectivity index (χ2v) is 14.3. The van der Waals surface area contributed by atoms with Crippen LogP contribution in [0.2, 0.25) is 0 Å². The second-order valence-electron chi connectivity index (χ2n) is 9.92. The van der Waals surface area contributed by atoms with Crippen LogP contribution >= 0.6 is 14.2 Å². The molecular weight excluding hydrogens is 651 g/mol. The average molecular weight is 672 g/mol. The fraction of sp³-hybridized carbons (Fsp3) is 0.500. The molecule has 24 heteroatoms. The van der Waals surface area contributed by atoms with E-state index in [1.165, 1.54) is 21.8 Å². The molecule has 7 heterocycles. The Morgan fingerprint density at radius 1 is 0.841 bits per heavy atom. The maximum atomic E-state index is 16.0. The van der Waals surface area contributed by atoms with Gasteiger partial charge in [-0.2, -0.15) is 0 Å². The number of hydrogen-bond donors (Lipinski definition) is 3. The van der Waals surface area contributed by atoms with Crippen molar-refractivity contribution in [1.29, 1.82) is 0 Å². The van der Waals surface area contributed by atoms with E-state index in [1.54, 1.807) is 0 Å². The first kappa shape index (κ1) is 29.9. The van der Waals surface area contributed by atoms with Gasteiger partial charge in [-0.3, -0.25) is 18.2 Å². The van der Waals surface area contributed by atoms with Crippen LogP contribution in [0.25, 0.3) is 22.3 Å². The SMILES string of the molecule is [B][P@@]1(=O)OC[C@H]2O[C@@H](n3cnc4c(N)ncnc43)[C@H](F)[C@@H]2OP(O)(=S)OC[C@H]2O[C@@H](n3cnc4c(N)ncnc43)[C@H](F)[C@@H]2O1. The summed E-state index contributed by atoms with van der Waals surface area (Å²) in [7, 11) is 1.26. The lowest BCUT2D eigenvalue weighted by Crippen LogP contribution is -2.37. The number of aromatic nitrogens is 8. The van der Waals surface area contributed by atoms with Crippen LogP contribution < -0.4 is 11.5 Å². The highest BCUT2D eigenvalue weighted by Crippen LogP contribution is 2.54. The maximum Gasteiger partial charge on any atom is 0.325 e. The molecule has 3 aliphatic rings. The van der Waals surface area contributed by atoms with Crippen molar-refractivity contribution in [2.24, 2.45) is 0 Å². The lowest BCUT2D eigenvalue weighted by atomic mass is 10.1. The molecule has 0 saturated carbocycles. The van der Waals surface area contributed by atoms with Crippen molar-refractivity contribution >= 4 is 67.5 Å². The summed E-state index contributed by atoms with van der Waals surface area (Å²) in [5.41, 5.74) is 12.3. The van der Waals surface area contributed by atoms with Gasteiger partial charge in [0.25, 0.3) is 7.47 Å². The highest BCUT2D eigenvalue weighted by molar-refractivity contribution is 8.07. The predicted octanol–water partition coefficient (Wildman–Crippen LogP) is 0.612. The Hall–Kier alpha value is -2.78. The van der Waals surface area contributed by atoms with Crippen LogP contribution in [0.15, 0.2) is 25.3 Å². The lowest BCUT2D eigenvalue weighted by Gasteiger charge is -2.29. The smallest absolute Gasteiger partial charge is 0.325 e. The first-order valence-corrected chi connectivity index (χ1v) is 16.9. The lowest BCUT2D eigenvalue weighted by molar-refractivity contribution is -0.0566. The zero-order valence-corrected chi connectivity index (χ0v) is 24.6. The largest absolute Gasteiger partial charge is 0.382 e. The number of halogens is 2. The number of rotatable bonds is 2. The van der Waals surface area contributed by atoms with Gasteiger partial charge in [0.15, 0.2) is 47.7 Å². The third kappa shape index (κ3) is 5.18. The van der Waals surface area contributed by atoms with Crippen molar-refractivity contribution < 1.29 is 45.8 Å². The number of hydrogen-bond acceptors (Lipinski definition) is 16. The number of imidazole rings is 2. The van der Waals surface area contributed by atoms with Crippen molar-refractivity contribution in [1.82, 2.24) is 39.0 Å². The van der Waals surface area contributed by atoms with Gasteiger partial charge >= 0.3 is 6.72 Å². The first-order valence-electron chi connectivity index (χ1n) is 12.7. The van der Waals surface area contributed by atoms with Crippen LogP contribution in [-0.2, 0) is 43.9 Å². The summed E-state index contributed by atoms with van der Waals surface area (Å²) < 4.78 is 81.0. The van der Waals surface area contributed by atoms with Gasteiger partial charge in [-0.25, -0.2) is 38.7 Å². The Morgan fingerprint density at radius 3 is 1.84 bits per heavy atom. The van der Waals surface area contributed by atoms with E-state index in [9.17, 15) is 9.46 Å². The highest BCUT2D eigenvalue weighted by atomic mass is 32.5. The number of nitrogen functional groups attached to an aromatic ring is 2. The Bertz CT molecular complexity index is 1710. The molecule has 7 rings (SSSR count). The summed E-state index contributed by atoms with van der Waals surface area (Å²) in [6.07, 6.45) is -8.19. The van der Waals surface area contributed by atoms with Crippen LogP contribution in [0.1, 0.15) is 12.5 Å². The highest BCUT2D eigenvalue weighted by Gasteiger charge is 2.53. The van der Waals surface area contributed by atoms with E-state index >= 15 is 8.78 Å². The molecule has 1 unspecified atom stereocenters. The van der Waals surface area contributed by atoms with Crippen LogP contribution in [-0.4, -0.2) is 101 Å². The molecule has 44 heavy (non-hydrogen) atoms. The number of fused-ring (bicyclic) bond motifs is 4. The first-order chi connectivity index (χ1) is 20.9. The molecule has 3 aliphatic heterocycles. The van der Waals surface area contributed by atoms with E-state index in [4.69, 9.17) is 58.4 Å². The molecule has 4 aromatic heterocycles. The van der Waals surface area contributed by atoms with E-state index in [1.807, 2.05) is 0 Å². The molecule has 3 fully saturated rings. The number of ether oxygens (including phenoxy) is 2. The van der Waals surface area contributed by atoms with E-state index in [-0.39, 0.29) is 34.0 Å². The molecule has 5 N–H and O–H groups in total. The summed E-state index contributed by atoms with van der Waals surface area (Å²) in [6, 6.07) is 0. The molecule has 3 saturated heterocycles. The topological polar surface area (TPSA) is 232 Å². The van der Waals surface area contributed by atoms with Gasteiger partial charge in [-0.15, -0.1) is 0 Å². The molecule has 0 aliphatic carbocycles. The minimum Gasteiger partial charge on any atom is -0.382 e. The van der Waals surface area contributed by atoms with Gasteiger partial charge < -0.3 is 39.4 Å². The van der Waals surface area contributed by atoms with Crippen LogP contribution in [0, 0.1) is 0 Å². The fourth-order valence-corrected chi connectivity index (χ4v) is 7.64. The molecule has 232 valence electrons. The quantitative estimate of drug-likeness (QED) is 0.196. The van der Waals surface area contributed by atoms with Gasteiger partial charge in [0.2, 0.25) is 7.57 Å². The van der Waals surface area contributed by atoms with Crippen LogP contribution in [0.3, 0.4) is 0 Å². The Morgan fingerprint density at radius 2 is 1.32 bits per heavy atom. The van der Waals surface area contributed by atoms with E-state index in [0.717, 1.165) is 12.7 Å². The third-order valence-corrected chi connectivity index (χ3v) is 9.81. The summed E-state index contributed by atoms with van der Waals surface area (Å²) >= 11 is 5.14. The van der Waals surface area contributed by atoms with Crippen molar-refractivity contribution in [2.45, 2.75) is 49.2 Å². The van der Waals surface area contributed by atoms with Gasteiger partial charge in [0.1, 0.15) is 48.1 Å². The Kier molecular flexibility index (Phi) is 7.43. The zero-order chi connectivity index (χ0) is 31.0. The third-order valence-electron chi connectivity index (χ3n) is 7.20. The summed E-state index contributed by atoms with van der Waals surface area (Å²) in [5.74, 6) is 0.0968. The second kappa shape index (κ2) is 10.9. The number of anilines is 2. The van der Waals surface area contributed by atoms with Gasteiger partial charge in [0, 0.05) is 0 Å². The van der Waals surface area contributed by atoms with E-state index in [2.05, 4.69) is 29.9 Å². The van der Waals surface area contributed by atoms with Crippen LogP contribution in [0.5, 0.6) is 0 Å². The normalized spacial score (nSPS) is 38.2. The molecule has 2 radical (unpaired) electrons. The molecule has 18 nitrogen and oxygen atoms in total. The van der Waals surface area contributed by atoms with Gasteiger partial charge in [-0.1, -0.05) is 0 Å². The fourth-order valence-electron chi connectivity index (χ4n) is 5.20. The van der Waals surface area contributed by atoms with Gasteiger partial charge in [0.05, 0.1) is 25.9 Å². The van der Waals surface area contributed by atoms with Crippen molar-refractivity contribution in [2.75, 3.05) is 24.7 Å². The van der Waals surface area contributed by atoms with Gasteiger partial charge in [-0.05, 0) is 11.8 Å². The average Bonchev–Trinajstić information content (AvgIpc) is 3.73. The maximum absolute atomic E-state index is 16.0. The number of alkyl halides is 2. The summed E-state index contributed by atoms with van der Waals surface area (Å²) in [4.78, 5) is 34.9. The monoisotopic (exact) mass is 672 g/mol. The van der Waals surface area contributed by atoms with Crippen molar-refractivity contribution in [3.8, 4) is 0 Å². The predicted molar refractivity (Wildman–Crippen MR) is 149 cm³/mol. The molecule has 0 bridgehead atoms. The molecule has 0 spiro atoms. The minimum absolute atomic E-state index is 0.0472. The molecular formula is C20H21BF2N10O8P2S. The molecule has 0 aromatic carbocycles. The number of nitrogens with two attached hydrogens (primary N) is 2. The molecule has 10 atom stereocenters. The summed E-state index contributed by atoms with van der Waals surface area (Å²) in [6.45, 7) is -5.58. The Balaban J connectivity index is 1.17. The zero-order valence-electron chi connectivity index (χ0n) is 22.0. The van der Waals surface area contributed by atoms with Crippen molar-refractivity contribution in [3.05, 3.63) is 25.3 Å². The van der Waals surface area contributed by atoms with E-state index in [0.29, 0.717) is 0 Å². The molecule has 0 amide bonds. The standard InChI is InChI=1S/C20H21BF2N10O8P2S/c21-42(34)36-1-7-14(10(23)20(38-7)33-6-31-12-16(25)27-4-29-18(12)33)41-43(35,44)37-2-8-13(40-42)9(22)19(39-8)32-5-30-11-15(24)26-3-28-17(11)32/h3-10,13-14,19-20H,1-2H2,(H,35,44)(H2,24,26,28)(H2,25,27,29)/t7-,8-,9-,10-,13-,14-,19-,20-,42-,43?/m1/s1.